The number of hydrogen-bond acceptors (Lipinski definition) is 3. The van der Waals surface area contributed by atoms with Gasteiger partial charge in [0.2, 0.25) is 0 Å². The molecule has 1 aromatic heterocycles. The molecule has 0 saturated carbocycles. The summed E-state index contributed by atoms with van der Waals surface area (Å²) in [5.74, 6) is 0.689. The highest BCUT2D eigenvalue weighted by atomic mass is 15.3. The maximum atomic E-state index is 5.33. The Labute approximate surface area is 65.7 Å². The average Bonchev–Trinajstić information content (AvgIpc) is 2.48. The van der Waals surface area contributed by atoms with Gasteiger partial charge in [-0.3, -0.25) is 4.68 Å². The summed E-state index contributed by atoms with van der Waals surface area (Å²) in [4.78, 5) is 3.98. The fourth-order valence-electron chi connectivity index (χ4n) is 0.758. The Balaban J connectivity index is 2.50. The quantitative estimate of drug-likeness (QED) is 0.632. The first-order chi connectivity index (χ1) is 5.36. The highest BCUT2D eigenvalue weighted by molar-refractivity contribution is 4.79. The molecule has 0 aliphatic carbocycles. The Morgan fingerprint density at radius 2 is 2.55 bits per heavy atom. The lowest BCUT2D eigenvalue weighted by Gasteiger charge is -1.93. The normalized spacial score (nSPS) is 9.91. The summed E-state index contributed by atoms with van der Waals surface area (Å²) in [7, 11) is 0. The van der Waals surface area contributed by atoms with Gasteiger partial charge in [0.25, 0.3) is 0 Å². The highest BCUT2D eigenvalue weighted by Crippen LogP contribution is 1.90. The number of nitrogens with two attached hydrogens (primary N) is 1. The lowest BCUT2D eigenvalue weighted by Crippen LogP contribution is -2.02. The van der Waals surface area contributed by atoms with E-state index in [-0.39, 0.29) is 0 Å². The fraction of sp³-hybridized carbons (Fsp3) is 0.429. The first-order valence-corrected chi connectivity index (χ1v) is 3.56. The van der Waals surface area contributed by atoms with Crippen molar-refractivity contribution in [2.75, 3.05) is 0 Å². The van der Waals surface area contributed by atoms with Crippen LogP contribution in [0.15, 0.2) is 19.0 Å². The molecule has 4 nitrogen and oxygen atoms in total. The number of hydrogen-bond donors (Lipinski definition) is 1. The molecule has 0 fully saturated rings. The Hall–Kier alpha value is -1.16. The Bertz CT molecular complexity index is 228. The van der Waals surface area contributed by atoms with Gasteiger partial charge in [0, 0.05) is 6.54 Å². The van der Waals surface area contributed by atoms with Crippen LogP contribution in [0.1, 0.15) is 12.2 Å². The van der Waals surface area contributed by atoms with E-state index in [4.69, 9.17) is 5.73 Å². The molecule has 0 aliphatic heterocycles. The Morgan fingerprint density at radius 1 is 1.73 bits per heavy atom. The Morgan fingerprint density at radius 3 is 3.09 bits per heavy atom. The molecule has 60 valence electrons. The van der Waals surface area contributed by atoms with Crippen LogP contribution in [-0.2, 0) is 13.1 Å². The largest absolute Gasteiger partial charge is 0.324 e. The van der Waals surface area contributed by atoms with Crippen molar-refractivity contribution >= 4 is 0 Å². The molecule has 0 unspecified atom stereocenters. The van der Waals surface area contributed by atoms with Crippen LogP contribution in [0.4, 0.5) is 0 Å². The molecule has 1 heterocycles. The molecule has 1 rings (SSSR count). The van der Waals surface area contributed by atoms with Crippen molar-refractivity contribution in [1.29, 1.82) is 0 Å². The van der Waals surface area contributed by atoms with Crippen LogP contribution in [0, 0.1) is 0 Å². The zero-order valence-corrected chi connectivity index (χ0v) is 6.40. The molecule has 0 radical (unpaired) electrons. The number of allylic oxidation sites excluding steroid dienone is 1. The summed E-state index contributed by atoms with van der Waals surface area (Å²) in [5.41, 5.74) is 5.33. The van der Waals surface area contributed by atoms with E-state index in [0.717, 1.165) is 13.0 Å². The van der Waals surface area contributed by atoms with E-state index < -0.39 is 0 Å². The zero-order valence-electron chi connectivity index (χ0n) is 6.40. The highest BCUT2D eigenvalue weighted by Gasteiger charge is 1.95. The second-order valence-electron chi connectivity index (χ2n) is 2.21. The molecular weight excluding hydrogens is 140 g/mol. The molecule has 0 spiro atoms. The van der Waals surface area contributed by atoms with Gasteiger partial charge in [-0.25, -0.2) is 4.98 Å². The van der Waals surface area contributed by atoms with Crippen LogP contribution in [0.3, 0.4) is 0 Å². The molecule has 0 aromatic carbocycles. The summed E-state index contributed by atoms with van der Waals surface area (Å²) in [6.07, 6.45) is 4.45. The molecule has 1 aromatic rings. The monoisotopic (exact) mass is 152 g/mol. The van der Waals surface area contributed by atoms with E-state index in [1.54, 1.807) is 11.0 Å². The smallest absolute Gasteiger partial charge is 0.164 e. The van der Waals surface area contributed by atoms with Gasteiger partial charge < -0.3 is 5.73 Å². The van der Waals surface area contributed by atoms with Gasteiger partial charge in [0.1, 0.15) is 6.33 Å². The van der Waals surface area contributed by atoms with Gasteiger partial charge in [0.15, 0.2) is 5.82 Å². The van der Waals surface area contributed by atoms with Crippen molar-refractivity contribution in [3.05, 3.63) is 24.8 Å². The van der Waals surface area contributed by atoms with E-state index in [1.165, 1.54) is 0 Å². The summed E-state index contributed by atoms with van der Waals surface area (Å²) in [6, 6.07) is 0. The first kappa shape index (κ1) is 7.94. The van der Waals surface area contributed by atoms with E-state index in [0.29, 0.717) is 12.4 Å². The second-order valence-corrected chi connectivity index (χ2v) is 2.21. The van der Waals surface area contributed by atoms with Crippen LogP contribution in [-0.4, -0.2) is 14.8 Å². The summed E-state index contributed by atoms with van der Waals surface area (Å²) >= 11 is 0. The third kappa shape index (κ3) is 2.16. The lowest BCUT2D eigenvalue weighted by atomic mass is 10.4. The van der Waals surface area contributed by atoms with Crippen molar-refractivity contribution in [1.82, 2.24) is 14.8 Å². The van der Waals surface area contributed by atoms with Gasteiger partial charge in [-0.2, -0.15) is 5.10 Å². The molecule has 2 N–H and O–H groups in total. The van der Waals surface area contributed by atoms with Crippen LogP contribution in [0.5, 0.6) is 0 Å². The zero-order chi connectivity index (χ0) is 8.10. The standard InChI is InChI=1S/C7H12N4/c1-2-3-4-11-6-9-7(5-8)10-11/h2,6H,1,3-5,8H2. The SMILES string of the molecule is C=CCCn1cnc(CN)n1. The number of aryl methyl sites for hydroxylation is 1. The van der Waals surface area contributed by atoms with E-state index >= 15 is 0 Å². The molecule has 0 bridgehead atoms. The van der Waals surface area contributed by atoms with Crippen LogP contribution in [0.2, 0.25) is 0 Å². The summed E-state index contributed by atoms with van der Waals surface area (Å²) in [6.45, 7) is 4.85. The minimum Gasteiger partial charge on any atom is -0.324 e. The van der Waals surface area contributed by atoms with Crippen LogP contribution < -0.4 is 5.73 Å². The fourth-order valence-corrected chi connectivity index (χ4v) is 0.758. The third-order valence-electron chi connectivity index (χ3n) is 1.33. The van der Waals surface area contributed by atoms with E-state index in [1.807, 2.05) is 6.08 Å². The van der Waals surface area contributed by atoms with Crippen molar-refractivity contribution < 1.29 is 0 Å². The lowest BCUT2D eigenvalue weighted by molar-refractivity contribution is 0.614. The van der Waals surface area contributed by atoms with Gasteiger partial charge in [-0.1, -0.05) is 6.08 Å². The van der Waals surface area contributed by atoms with Crippen molar-refractivity contribution in [2.45, 2.75) is 19.5 Å². The minimum atomic E-state index is 0.404. The predicted molar refractivity (Wildman–Crippen MR) is 42.7 cm³/mol. The van der Waals surface area contributed by atoms with E-state index in [9.17, 15) is 0 Å². The molecule has 0 amide bonds. The number of aromatic nitrogens is 3. The van der Waals surface area contributed by atoms with Crippen LogP contribution >= 0.6 is 0 Å². The molecular formula is C7H12N4. The van der Waals surface area contributed by atoms with Crippen LogP contribution in [0.25, 0.3) is 0 Å². The third-order valence-corrected chi connectivity index (χ3v) is 1.33. The van der Waals surface area contributed by atoms with Gasteiger partial charge >= 0.3 is 0 Å². The molecule has 4 heteroatoms. The predicted octanol–water partition coefficient (Wildman–Crippen LogP) is 0.313. The maximum absolute atomic E-state index is 5.33. The minimum absolute atomic E-state index is 0.404. The second kappa shape index (κ2) is 3.88. The molecule has 11 heavy (non-hydrogen) atoms. The number of nitrogens with zero attached hydrogens (tertiary/aromatic N) is 3. The summed E-state index contributed by atoms with van der Waals surface area (Å²) in [5, 5.41) is 4.10. The van der Waals surface area contributed by atoms with Gasteiger partial charge in [-0.15, -0.1) is 6.58 Å². The molecule has 0 aliphatic rings. The van der Waals surface area contributed by atoms with E-state index in [2.05, 4.69) is 16.7 Å². The van der Waals surface area contributed by atoms with Crippen molar-refractivity contribution in [3.8, 4) is 0 Å². The van der Waals surface area contributed by atoms with Crippen molar-refractivity contribution in [2.24, 2.45) is 5.73 Å². The first-order valence-electron chi connectivity index (χ1n) is 3.56. The average molecular weight is 152 g/mol. The van der Waals surface area contributed by atoms with Gasteiger partial charge in [-0.05, 0) is 6.42 Å². The van der Waals surface area contributed by atoms with Crippen molar-refractivity contribution in [3.63, 3.8) is 0 Å². The number of rotatable bonds is 4. The maximum Gasteiger partial charge on any atom is 0.164 e. The molecule has 0 saturated heterocycles. The Kier molecular flexibility index (Phi) is 2.80. The topological polar surface area (TPSA) is 56.7 Å². The van der Waals surface area contributed by atoms with Gasteiger partial charge in [0.05, 0.1) is 6.54 Å². The summed E-state index contributed by atoms with van der Waals surface area (Å²) < 4.78 is 1.77. The molecule has 0 atom stereocenters.